The van der Waals surface area contributed by atoms with Gasteiger partial charge >= 0.3 is 0 Å². The average Bonchev–Trinajstić information content (AvgIpc) is 2.50. The van der Waals surface area contributed by atoms with Crippen LogP contribution in [0.1, 0.15) is 19.5 Å². The van der Waals surface area contributed by atoms with E-state index in [0.717, 1.165) is 48.7 Å². The maximum atomic E-state index is 4.68. The smallest absolute Gasteiger partial charge is 0.226 e. The lowest BCUT2D eigenvalue weighted by Crippen LogP contribution is -2.45. The number of piperazine rings is 1. The van der Waals surface area contributed by atoms with Gasteiger partial charge in [-0.05, 0) is 20.0 Å². The molecule has 1 saturated heterocycles. The van der Waals surface area contributed by atoms with Crippen molar-refractivity contribution in [3.05, 3.63) is 30.0 Å². The third kappa shape index (κ3) is 3.07. The Bertz CT molecular complexity index is 559. The highest BCUT2D eigenvalue weighted by molar-refractivity contribution is 5.81. The van der Waals surface area contributed by atoms with Crippen molar-refractivity contribution >= 4 is 16.9 Å². The highest BCUT2D eigenvalue weighted by Crippen LogP contribution is 2.19. The molecule has 2 aromatic rings. The maximum Gasteiger partial charge on any atom is 0.226 e. The molecule has 0 bridgehead atoms. The topological polar surface area (TPSA) is 32.3 Å². The molecule has 0 amide bonds. The Morgan fingerprint density at radius 2 is 1.60 bits per heavy atom. The Hall–Kier alpha value is -1.68. The quantitative estimate of drug-likeness (QED) is 0.799. The predicted molar refractivity (Wildman–Crippen MR) is 85.3 cm³/mol. The first-order chi connectivity index (χ1) is 9.74. The summed E-state index contributed by atoms with van der Waals surface area (Å²) >= 11 is 0. The van der Waals surface area contributed by atoms with Gasteiger partial charge in [0.15, 0.2) is 0 Å². The third-order valence-corrected chi connectivity index (χ3v) is 3.57. The van der Waals surface area contributed by atoms with E-state index in [9.17, 15) is 0 Å². The molecule has 2 heterocycles. The van der Waals surface area contributed by atoms with Gasteiger partial charge in [0.05, 0.1) is 11.2 Å². The SMILES string of the molecule is CC.Cc1nc(N2CCN(C)CC2)nc2ccccc12. The zero-order valence-electron chi connectivity index (χ0n) is 12.9. The first-order valence-electron chi connectivity index (χ1n) is 7.41. The Morgan fingerprint density at radius 1 is 0.950 bits per heavy atom. The van der Waals surface area contributed by atoms with Crippen molar-refractivity contribution in [2.75, 3.05) is 38.1 Å². The van der Waals surface area contributed by atoms with E-state index in [2.05, 4.69) is 45.9 Å². The third-order valence-electron chi connectivity index (χ3n) is 3.57. The first kappa shape index (κ1) is 14.7. The van der Waals surface area contributed by atoms with Gasteiger partial charge in [-0.25, -0.2) is 9.97 Å². The second-order valence-corrected chi connectivity index (χ2v) is 4.92. The lowest BCUT2D eigenvalue weighted by atomic mass is 10.2. The summed E-state index contributed by atoms with van der Waals surface area (Å²) in [6.45, 7) is 10.2. The molecule has 1 aliphatic heterocycles. The van der Waals surface area contributed by atoms with Gasteiger partial charge in [-0.1, -0.05) is 32.0 Å². The molecular weight excluding hydrogens is 248 g/mol. The van der Waals surface area contributed by atoms with Crippen LogP contribution in [0.15, 0.2) is 24.3 Å². The molecule has 1 fully saturated rings. The minimum atomic E-state index is 0.874. The van der Waals surface area contributed by atoms with Crippen LogP contribution in [0.2, 0.25) is 0 Å². The molecule has 0 saturated carbocycles. The van der Waals surface area contributed by atoms with Crippen molar-refractivity contribution in [3.8, 4) is 0 Å². The second kappa shape index (κ2) is 6.66. The van der Waals surface area contributed by atoms with E-state index >= 15 is 0 Å². The van der Waals surface area contributed by atoms with E-state index < -0.39 is 0 Å². The molecule has 1 aliphatic rings. The van der Waals surface area contributed by atoms with Crippen molar-refractivity contribution < 1.29 is 0 Å². The van der Waals surface area contributed by atoms with E-state index in [0.29, 0.717) is 0 Å². The van der Waals surface area contributed by atoms with Crippen LogP contribution in [0.5, 0.6) is 0 Å². The fraction of sp³-hybridized carbons (Fsp3) is 0.500. The van der Waals surface area contributed by atoms with Crippen LogP contribution < -0.4 is 4.90 Å². The van der Waals surface area contributed by atoms with Gasteiger partial charge < -0.3 is 9.80 Å². The number of hydrogen-bond donors (Lipinski definition) is 0. The number of likely N-dealkylation sites (N-methyl/N-ethyl adjacent to an activating group) is 1. The fourth-order valence-corrected chi connectivity index (χ4v) is 2.37. The highest BCUT2D eigenvalue weighted by atomic mass is 15.3. The summed E-state index contributed by atoms with van der Waals surface area (Å²) in [5, 5.41) is 1.15. The summed E-state index contributed by atoms with van der Waals surface area (Å²) in [6.07, 6.45) is 0. The van der Waals surface area contributed by atoms with Crippen LogP contribution in [0.3, 0.4) is 0 Å². The number of anilines is 1. The number of fused-ring (bicyclic) bond motifs is 1. The summed E-state index contributed by atoms with van der Waals surface area (Å²) in [6, 6.07) is 8.21. The van der Waals surface area contributed by atoms with Gasteiger partial charge in [-0.3, -0.25) is 0 Å². The summed E-state index contributed by atoms with van der Waals surface area (Å²) < 4.78 is 0. The second-order valence-electron chi connectivity index (χ2n) is 4.92. The number of aryl methyl sites for hydroxylation is 1. The standard InChI is InChI=1S/C14H18N4.C2H6/c1-11-12-5-3-4-6-13(12)16-14(15-11)18-9-7-17(2)8-10-18;1-2/h3-6H,7-10H2,1-2H3;1-2H3. The summed E-state index contributed by atoms with van der Waals surface area (Å²) in [5.74, 6) is 0.874. The van der Waals surface area contributed by atoms with Crippen molar-refractivity contribution in [3.63, 3.8) is 0 Å². The minimum absolute atomic E-state index is 0.874. The van der Waals surface area contributed by atoms with E-state index in [-0.39, 0.29) is 0 Å². The molecule has 20 heavy (non-hydrogen) atoms. The number of rotatable bonds is 1. The van der Waals surface area contributed by atoms with Gasteiger partial charge in [0, 0.05) is 31.6 Å². The van der Waals surface area contributed by atoms with Crippen LogP contribution in [-0.4, -0.2) is 48.1 Å². The Balaban J connectivity index is 0.000000704. The molecule has 108 valence electrons. The van der Waals surface area contributed by atoms with Crippen LogP contribution in [0, 0.1) is 6.92 Å². The zero-order valence-corrected chi connectivity index (χ0v) is 12.9. The molecule has 4 nitrogen and oxygen atoms in total. The van der Waals surface area contributed by atoms with Gasteiger partial charge in [-0.2, -0.15) is 0 Å². The van der Waals surface area contributed by atoms with Crippen LogP contribution >= 0.6 is 0 Å². The first-order valence-corrected chi connectivity index (χ1v) is 7.41. The van der Waals surface area contributed by atoms with E-state index in [1.165, 1.54) is 0 Å². The van der Waals surface area contributed by atoms with E-state index in [1.807, 2.05) is 26.0 Å². The summed E-state index contributed by atoms with van der Waals surface area (Å²) in [4.78, 5) is 13.9. The Morgan fingerprint density at radius 3 is 2.30 bits per heavy atom. The maximum absolute atomic E-state index is 4.68. The highest BCUT2D eigenvalue weighted by Gasteiger charge is 2.17. The monoisotopic (exact) mass is 272 g/mol. The Labute approximate surface area is 121 Å². The Kier molecular flexibility index (Phi) is 4.90. The molecule has 0 unspecified atom stereocenters. The number of para-hydroxylation sites is 1. The molecule has 1 aromatic carbocycles. The number of hydrogen-bond acceptors (Lipinski definition) is 4. The van der Waals surface area contributed by atoms with E-state index in [4.69, 9.17) is 0 Å². The lowest BCUT2D eigenvalue weighted by molar-refractivity contribution is 0.311. The predicted octanol–water partition coefficient (Wildman–Crippen LogP) is 2.72. The molecular formula is C16H24N4. The van der Waals surface area contributed by atoms with Gasteiger partial charge in [0.2, 0.25) is 5.95 Å². The van der Waals surface area contributed by atoms with Crippen molar-refractivity contribution in [1.29, 1.82) is 0 Å². The minimum Gasteiger partial charge on any atom is -0.338 e. The van der Waals surface area contributed by atoms with Crippen LogP contribution in [0.25, 0.3) is 10.9 Å². The van der Waals surface area contributed by atoms with Crippen molar-refractivity contribution in [1.82, 2.24) is 14.9 Å². The molecule has 0 atom stereocenters. The van der Waals surface area contributed by atoms with E-state index in [1.54, 1.807) is 0 Å². The molecule has 0 N–H and O–H groups in total. The molecule has 0 aliphatic carbocycles. The van der Waals surface area contributed by atoms with Crippen molar-refractivity contribution in [2.45, 2.75) is 20.8 Å². The van der Waals surface area contributed by atoms with Crippen LogP contribution in [-0.2, 0) is 0 Å². The lowest BCUT2D eigenvalue weighted by Gasteiger charge is -2.32. The number of aromatic nitrogens is 2. The number of nitrogens with zero attached hydrogens (tertiary/aromatic N) is 4. The summed E-state index contributed by atoms with van der Waals surface area (Å²) in [5.41, 5.74) is 2.11. The van der Waals surface area contributed by atoms with Crippen LogP contribution in [0.4, 0.5) is 5.95 Å². The molecule has 3 rings (SSSR count). The molecule has 1 aromatic heterocycles. The molecule has 4 heteroatoms. The van der Waals surface area contributed by atoms with Crippen molar-refractivity contribution in [2.24, 2.45) is 0 Å². The van der Waals surface area contributed by atoms with Gasteiger partial charge in [0.25, 0.3) is 0 Å². The van der Waals surface area contributed by atoms with Gasteiger partial charge in [0.1, 0.15) is 0 Å². The molecule has 0 spiro atoms. The van der Waals surface area contributed by atoms with Gasteiger partial charge in [-0.15, -0.1) is 0 Å². The average molecular weight is 272 g/mol. The summed E-state index contributed by atoms with van der Waals surface area (Å²) in [7, 11) is 2.16. The molecule has 0 radical (unpaired) electrons. The zero-order chi connectivity index (χ0) is 14.5. The fourth-order valence-electron chi connectivity index (χ4n) is 2.37. The number of benzene rings is 1. The largest absolute Gasteiger partial charge is 0.338 e. The normalized spacial score (nSPS) is 15.9.